The number of hydrogen-bond acceptors (Lipinski definition) is 6. The van der Waals surface area contributed by atoms with Gasteiger partial charge in [0.15, 0.2) is 5.41 Å². The number of allylic oxidation sites excluding steroid dienone is 5. The van der Waals surface area contributed by atoms with Crippen LogP contribution < -0.4 is 9.62 Å². The molecular formula is C46H61ClF3N3O6S. The van der Waals surface area contributed by atoms with E-state index >= 15 is 0 Å². The Morgan fingerprint density at radius 2 is 1.63 bits per heavy atom. The van der Waals surface area contributed by atoms with E-state index in [9.17, 15) is 41.4 Å². The van der Waals surface area contributed by atoms with Gasteiger partial charge in [-0.2, -0.15) is 21.6 Å². The van der Waals surface area contributed by atoms with Crippen LogP contribution in [-0.4, -0.2) is 59.7 Å². The Hall–Kier alpha value is -2.90. The number of anilines is 1. The number of rotatable bonds is 10. The van der Waals surface area contributed by atoms with Crippen LogP contribution in [0.25, 0.3) is 0 Å². The van der Waals surface area contributed by atoms with Crippen molar-refractivity contribution in [3.63, 3.8) is 0 Å². The molecule has 5 saturated carbocycles. The van der Waals surface area contributed by atoms with E-state index in [1.165, 1.54) is 23.3 Å². The van der Waals surface area contributed by atoms with E-state index in [1.807, 2.05) is 0 Å². The summed E-state index contributed by atoms with van der Waals surface area (Å²) < 4.78 is 68.1. The molecule has 0 amide bonds. The Morgan fingerprint density at radius 3 is 2.22 bits per heavy atom. The number of alkyl halides is 3. The summed E-state index contributed by atoms with van der Waals surface area (Å²) >= 11 is 5.96. The van der Waals surface area contributed by atoms with Gasteiger partial charge in [0.05, 0.1) is 5.02 Å². The number of pyridine rings is 1. The van der Waals surface area contributed by atoms with Crippen molar-refractivity contribution in [3.8, 4) is 0 Å². The summed E-state index contributed by atoms with van der Waals surface area (Å²) in [6.07, 6.45) is 15.7. The van der Waals surface area contributed by atoms with Gasteiger partial charge < -0.3 is 15.5 Å². The smallest absolute Gasteiger partial charge is 0.480 e. The van der Waals surface area contributed by atoms with Gasteiger partial charge in [-0.05, 0) is 164 Å². The van der Waals surface area contributed by atoms with Gasteiger partial charge in [0, 0.05) is 24.8 Å². The lowest BCUT2D eigenvalue weighted by Crippen LogP contribution is -2.68. The Kier molecular flexibility index (Phi) is 10.1. The van der Waals surface area contributed by atoms with Gasteiger partial charge in [-0.15, -0.1) is 0 Å². The SMILES string of the molecule is C=C(C)[C@@H]1CC[C@]2(NCCN(c3ccc(Cl)cn3)S(=O)(=O)C(F)(F)F)CC[C@]3(C)[C@H](CC[C@@H]4[C@@]5(C)CC=C(C6=CC7(C6)CC(C(=O)O)(C(=O)O)C7)C(C)(C)[C@@H]5CC[C@]43C)[C@@H]12. The van der Waals surface area contributed by atoms with Crippen molar-refractivity contribution in [3.05, 3.63) is 58.8 Å². The average Bonchev–Trinajstić information content (AvgIpc) is 3.50. The molecule has 330 valence electrons. The first kappa shape index (κ1) is 43.7. The monoisotopic (exact) mass is 875 g/mol. The van der Waals surface area contributed by atoms with Crippen molar-refractivity contribution in [1.29, 1.82) is 0 Å². The normalized spacial score (nSPS) is 38.4. The maximum Gasteiger partial charge on any atom is 0.516 e. The van der Waals surface area contributed by atoms with E-state index < -0.39 is 39.4 Å². The fourth-order valence-electron chi connectivity index (χ4n) is 15.7. The molecule has 8 rings (SSSR count). The number of nitrogens with zero attached hydrogens (tertiary/aromatic N) is 2. The van der Waals surface area contributed by atoms with E-state index in [-0.39, 0.29) is 74.7 Å². The van der Waals surface area contributed by atoms with Gasteiger partial charge in [-0.25, -0.2) is 9.29 Å². The standard InChI is InChI=1S/C46H61ClF3N3O6S/c1-27(2)30-12-17-45(52-20-21-53(60(58,59)46(48,49)50)35-11-8-29(47)24-51-35)19-18-41(6)32(36(30)45)9-10-34-40(5)15-13-31(39(3,4)33(40)14-16-42(34,41)7)28-22-43(23-28)25-44(26-43,37(54)55)38(56)57/h8,11,13,22,24,30,32-34,36,52H,1,9-10,12,14-21,23,25-26H2,2-7H3,(H,54,55)(H,56,57)/t30-,32+,33-,34+,36+,40-,41+,42+,45-/m0/s1. The van der Waals surface area contributed by atoms with Crippen molar-refractivity contribution in [2.45, 2.75) is 130 Å². The molecule has 0 bridgehead atoms. The predicted molar refractivity (Wildman–Crippen MR) is 224 cm³/mol. The minimum Gasteiger partial charge on any atom is -0.480 e. The van der Waals surface area contributed by atoms with Gasteiger partial charge in [0.2, 0.25) is 0 Å². The lowest BCUT2D eigenvalue weighted by Gasteiger charge is -2.72. The van der Waals surface area contributed by atoms with Crippen molar-refractivity contribution in [2.24, 2.45) is 62.1 Å². The Balaban J connectivity index is 1.04. The lowest BCUT2D eigenvalue weighted by molar-refractivity contribution is -0.221. The van der Waals surface area contributed by atoms with Crippen LogP contribution in [-0.2, 0) is 19.6 Å². The minimum absolute atomic E-state index is 0.00130. The maximum atomic E-state index is 14.0. The van der Waals surface area contributed by atoms with Gasteiger partial charge in [-0.3, -0.25) is 9.59 Å². The maximum absolute atomic E-state index is 14.0. The van der Waals surface area contributed by atoms with Crippen LogP contribution in [0.1, 0.15) is 119 Å². The highest BCUT2D eigenvalue weighted by molar-refractivity contribution is 7.93. The Morgan fingerprint density at radius 1 is 0.967 bits per heavy atom. The van der Waals surface area contributed by atoms with E-state index in [4.69, 9.17) is 11.6 Å². The first-order valence-electron chi connectivity index (χ1n) is 21.7. The number of carboxylic acid groups (broad SMARTS) is 2. The summed E-state index contributed by atoms with van der Waals surface area (Å²) in [5.41, 5.74) is -4.20. The second-order valence-electron chi connectivity index (χ2n) is 21.4. The van der Waals surface area contributed by atoms with Crippen LogP contribution >= 0.6 is 11.6 Å². The molecule has 9 nitrogen and oxygen atoms in total. The van der Waals surface area contributed by atoms with E-state index in [2.05, 4.69) is 70.6 Å². The summed E-state index contributed by atoms with van der Waals surface area (Å²) in [4.78, 5) is 27.8. The first-order valence-corrected chi connectivity index (χ1v) is 23.6. The van der Waals surface area contributed by atoms with Crippen LogP contribution in [0.5, 0.6) is 0 Å². The molecule has 0 radical (unpaired) electrons. The Labute approximate surface area is 357 Å². The van der Waals surface area contributed by atoms with E-state index in [0.717, 1.165) is 76.0 Å². The number of halogens is 4. The molecule has 7 aliphatic rings. The van der Waals surface area contributed by atoms with Crippen molar-refractivity contribution in [1.82, 2.24) is 10.3 Å². The van der Waals surface area contributed by atoms with Crippen LogP contribution in [0.3, 0.4) is 0 Å². The third-order valence-electron chi connectivity index (χ3n) is 18.5. The van der Waals surface area contributed by atoms with Crippen LogP contribution in [0, 0.1) is 62.1 Å². The average molecular weight is 877 g/mol. The summed E-state index contributed by atoms with van der Waals surface area (Å²) in [6, 6.07) is 2.54. The zero-order valence-corrected chi connectivity index (χ0v) is 37.3. The van der Waals surface area contributed by atoms with Crippen molar-refractivity contribution in [2.75, 3.05) is 17.4 Å². The molecule has 60 heavy (non-hydrogen) atoms. The zero-order chi connectivity index (χ0) is 43.9. The number of aromatic nitrogens is 1. The summed E-state index contributed by atoms with van der Waals surface area (Å²) in [6.45, 7) is 18.5. The molecule has 0 saturated heterocycles. The lowest BCUT2D eigenvalue weighted by atomic mass is 9.32. The van der Waals surface area contributed by atoms with E-state index in [1.54, 1.807) is 0 Å². The number of sulfonamides is 1. The number of carboxylic acids is 2. The largest absolute Gasteiger partial charge is 0.516 e. The fraction of sp³-hybridized carbons (Fsp3) is 0.717. The van der Waals surface area contributed by atoms with Crippen LogP contribution in [0.4, 0.5) is 19.0 Å². The highest BCUT2D eigenvalue weighted by Gasteiger charge is 2.71. The first-order chi connectivity index (χ1) is 27.7. The molecular weight excluding hydrogens is 815 g/mol. The van der Waals surface area contributed by atoms with Crippen molar-refractivity contribution < 1.29 is 41.4 Å². The second kappa shape index (κ2) is 13.8. The molecule has 1 spiro atoms. The quantitative estimate of drug-likeness (QED) is 0.156. The molecule has 0 unspecified atom stereocenters. The molecule has 3 N–H and O–H groups in total. The van der Waals surface area contributed by atoms with Gasteiger partial charge >= 0.3 is 27.5 Å². The molecule has 1 aromatic heterocycles. The second-order valence-corrected chi connectivity index (χ2v) is 23.7. The highest BCUT2D eigenvalue weighted by atomic mass is 35.5. The molecule has 1 aromatic rings. The number of carbonyl (C=O) groups is 2. The minimum atomic E-state index is -5.72. The summed E-state index contributed by atoms with van der Waals surface area (Å²) in [7, 11) is -5.72. The molecule has 1 heterocycles. The number of fused-ring (bicyclic) bond motifs is 7. The zero-order valence-electron chi connectivity index (χ0n) is 35.7. The summed E-state index contributed by atoms with van der Waals surface area (Å²) in [5, 5.41) is 23.4. The molecule has 0 aromatic carbocycles. The van der Waals surface area contributed by atoms with Gasteiger partial charge in [-0.1, -0.05) is 70.5 Å². The predicted octanol–water partition coefficient (Wildman–Crippen LogP) is 10.2. The molecule has 0 aliphatic heterocycles. The third-order valence-corrected chi connectivity index (χ3v) is 20.2. The Bertz CT molecular complexity index is 2150. The number of nitrogens with one attached hydrogen (secondary N) is 1. The van der Waals surface area contributed by atoms with Crippen molar-refractivity contribution >= 4 is 39.4 Å². The molecule has 7 aliphatic carbocycles. The number of aliphatic carboxylic acids is 2. The third kappa shape index (κ3) is 5.99. The van der Waals surface area contributed by atoms with E-state index in [0.29, 0.717) is 22.1 Å². The van der Waals surface area contributed by atoms with Crippen LogP contribution in [0.2, 0.25) is 5.02 Å². The fourth-order valence-corrected chi connectivity index (χ4v) is 16.7. The van der Waals surface area contributed by atoms with Crippen LogP contribution in [0.15, 0.2) is 53.8 Å². The number of hydrogen-bond donors (Lipinski definition) is 3. The molecule has 5 fully saturated rings. The molecule has 14 heteroatoms. The molecule has 9 atom stereocenters. The topological polar surface area (TPSA) is 137 Å². The van der Waals surface area contributed by atoms with Gasteiger partial charge in [0.25, 0.3) is 0 Å². The summed E-state index contributed by atoms with van der Waals surface area (Å²) in [5.74, 6) is -1.11. The highest BCUT2D eigenvalue weighted by Crippen LogP contribution is 2.77. The van der Waals surface area contributed by atoms with Gasteiger partial charge in [0.1, 0.15) is 5.82 Å².